The molecule has 0 fully saturated rings. The highest BCUT2D eigenvalue weighted by Crippen LogP contribution is 2.04. The third-order valence-electron chi connectivity index (χ3n) is 1.41. The smallest absolute Gasteiger partial charge is 0.321 e. The van der Waals surface area contributed by atoms with Crippen LogP contribution in [-0.2, 0) is 9.53 Å². The molecule has 0 radical (unpaired) electrons. The van der Waals surface area contributed by atoms with Crippen molar-refractivity contribution in [2.75, 3.05) is 5.88 Å². The average Bonchev–Trinajstić information content (AvgIpc) is 2.00. The van der Waals surface area contributed by atoms with Crippen LogP contribution in [0.4, 0.5) is 0 Å². The van der Waals surface area contributed by atoms with E-state index in [1.165, 1.54) is 0 Å². The van der Waals surface area contributed by atoms with Crippen LogP contribution in [-0.4, -0.2) is 18.0 Å². The predicted octanol–water partition coefficient (Wildman–Crippen LogP) is 2.35. The molecule has 0 aromatic rings. The Morgan fingerprint density at radius 2 is 2.27 bits per heavy atom. The molecule has 0 spiro atoms. The van der Waals surface area contributed by atoms with E-state index in [0.29, 0.717) is 0 Å². The molecular weight excluding hydrogens is 164 g/mol. The van der Waals surface area contributed by atoms with Gasteiger partial charge in [0.2, 0.25) is 0 Å². The van der Waals surface area contributed by atoms with Crippen molar-refractivity contribution in [1.29, 1.82) is 0 Å². The Bertz CT molecular complexity index is 115. The molecule has 0 unspecified atom stereocenters. The van der Waals surface area contributed by atoms with Crippen LogP contribution in [0, 0.1) is 0 Å². The Labute approximate surface area is 72.9 Å². The molecule has 0 rings (SSSR count). The van der Waals surface area contributed by atoms with E-state index in [4.69, 9.17) is 16.3 Å². The first-order chi connectivity index (χ1) is 5.20. The first-order valence-electron chi connectivity index (χ1n) is 3.96. The van der Waals surface area contributed by atoms with Gasteiger partial charge in [-0.15, -0.1) is 11.6 Å². The largest absolute Gasteiger partial charge is 0.462 e. The zero-order valence-corrected chi connectivity index (χ0v) is 7.86. The van der Waals surface area contributed by atoms with E-state index >= 15 is 0 Å². The fourth-order valence-electron chi connectivity index (χ4n) is 0.806. The van der Waals surface area contributed by atoms with E-state index in [2.05, 4.69) is 6.92 Å². The van der Waals surface area contributed by atoms with Gasteiger partial charge in [-0.3, -0.25) is 4.79 Å². The number of hydrogen-bond donors (Lipinski definition) is 0. The highest BCUT2D eigenvalue weighted by atomic mass is 35.5. The number of hydrogen-bond acceptors (Lipinski definition) is 2. The van der Waals surface area contributed by atoms with Gasteiger partial charge in [0, 0.05) is 0 Å². The number of alkyl halides is 1. The minimum atomic E-state index is -0.324. The first kappa shape index (κ1) is 10.8. The number of unbranched alkanes of at least 4 members (excludes halogenated alkanes) is 1. The summed E-state index contributed by atoms with van der Waals surface area (Å²) in [6.45, 7) is 4.00. The van der Waals surface area contributed by atoms with Crippen LogP contribution in [0.15, 0.2) is 0 Å². The van der Waals surface area contributed by atoms with Crippen molar-refractivity contribution in [2.24, 2.45) is 0 Å². The fraction of sp³-hybridized carbons (Fsp3) is 0.875. The third kappa shape index (κ3) is 6.17. The number of ether oxygens (including phenoxy) is 1. The van der Waals surface area contributed by atoms with Crippen LogP contribution < -0.4 is 0 Å². The van der Waals surface area contributed by atoms with Crippen LogP contribution in [0.1, 0.15) is 33.1 Å². The second-order valence-corrected chi connectivity index (χ2v) is 2.84. The number of halogens is 1. The third-order valence-corrected chi connectivity index (χ3v) is 1.62. The van der Waals surface area contributed by atoms with Crippen molar-refractivity contribution in [3.63, 3.8) is 0 Å². The number of esters is 1. The number of carbonyl (C=O) groups is 1. The maximum absolute atomic E-state index is 10.6. The lowest BCUT2D eigenvalue weighted by molar-refractivity contribution is -0.145. The van der Waals surface area contributed by atoms with E-state index in [1.807, 2.05) is 6.92 Å². The fourth-order valence-corrected chi connectivity index (χ4v) is 0.869. The molecule has 0 amide bonds. The standard InChI is InChI=1S/C8H15ClO2/c1-3-4-5-7(2)11-8(10)6-9/h7H,3-6H2,1-2H3/t7-/m1/s1. The minimum Gasteiger partial charge on any atom is -0.462 e. The van der Waals surface area contributed by atoms with E-state index < -0.39 is 0 Å². The van der Waals surface area contributed by atoms with Gasteiger partial charge in [-0.25, -0.2) is 0 Å². The van der Waals surface area contributed by atoms with Crippen LogP contribution in [0.3, 0.4) is 0 Å². The van der Waals surface area contributed by atoms with Crippen LogP contribution >= 0.6 is 11.6 Å². The SMILES string of the molecule is CCCC[C@@H](C)OC(=O)CCl. The second-order valence-electron chi connectivity index (χ2n) is 2.58. The molecular formula is C8H15ClO2. The highest BCUT2D eigenvalue weighted by molar-refractivity contribution is 6.26. The Hall–Kier alpha value is -0.240. The molecule has 0 saturated carbocycles. The summed E-state index contributed by atoms with van der Waals surface area (Å²) in [6.07, 6.45) is 3.17. The maximum atomic E-state index is 10.6. The lowest BCUT2D eigenvalue weighted by Crippen LogP contribution is -2.15. The van der Waals surface area contributed by atoms with Gasteiger partial charge in [0.05, 0.1) is 6.10 Å². The summed E-state index contributed by atoms with van der Waals surface area (Å²) in [5.74, 6) is -0.369. The molecule has 0 aliphatic heterocycles. The summed E-state index contributed by atoms with van der Waals surface area (Å²) in [4.78, 5) is 10.6. The van der Waals surface area contributed by atoms with Crippen LogP contribution in [0.2, 0.25) is 0 Å². The van der Waals surface area contributed by atoms with Crippen molar-refractivity contribution < 1.29 is 9.53 Å². The molecule has 0 bridgehead atoms. The summed E-state index contributed by atoms with van der Waals surface area (Å²) >= 11 is 5.26. The van der Waals surface area contributed by atoms with Crippen molar-refractivity contribution in [2.45, 2.75) is 39.2 Å². The summed E-state index contributed by atoms with van der Waals surface area (Å²) < 4.78 is 4.93. The van der Waals surface area contributed by atoms with Crippen molar-refractivity contribution in [3.05, 3.63) is 0 Å². The van der Waals surface area contributed by atoms with E-state index in [1.54, 1.807) is 0 Å². The molecule has 0 N–H and O–H groups in total. The van der Waals surface area contributed by atoms with Crippen molar-refractivity contribution in [3.8, 4) is 0 Å². The Morgan fingerprint density at radius 1 is 1.64 bits per heavy atom. The molecule has 11 heavy (non-hydrogen) atoms. The zero-order valence-electron chi connectivity index (χ0n) is 7.10. The second kappa shape index (κ2) is 6.47. The summed E-state index contributed by atoms with van der Waals surface area (Å²) in [5.41, 5.74) is 0. The van der Waals surface area contributed by atoms with Gasteiger partial charge < -0.3 is 4.74 Å². The van der Waals surface area contributed by atoms with E-state index in [9.17, 15) is 4.79 Å². The molecule has 0 saturated heterocycles. The normalized spacial score (nSPS) is 12.6. The quantitative estimate of drug-likeness (QED) is 0.477. The Morgan fingerprint density at radius 3 is 2.73 bits per heavy atom. The number of carbonyl (C=O) groups excluding carboxylic acids is 1. The minimum absolute atomic E-state index is 0.0150. The van der Waals surface area contributed by atoms with Gasteiger partial charge in [-0.1, -0.05) is 19.8 Å². The molecule has 66 valence electrons. The summed E-state index contributed by atoms with van der Waals surface area (Å²) in [7, 11) is 0. The molecule has 0 aliphatic carbocycles. The lowest BCUT2D eigenvalue weighted by atomic mass is 10.2. The molecule has 0 heterocycles. The van der Waals surface area contributed by atoms with E-state index in [0.717, 1.165) is 19.3 Å². The van der Waals surface area contributed by atoms with Crippen molar-refractivity contribution >= 4 is 17.6 Å². The van der Waals surface area contributed by atoms with Gasteiger partial charge in [0.25, 0.3) is 0 Å². The predicted molar refractivity (Wildman–Crippen MR) is 45.8 cm³/mol. The average molecular weight is 179 g/mol. The van der Waals surface area contributed by atoms with Gasteiger partial charge in [0.1, 0.15) is 5.88 Å². The topological polar surface area (TPSA) is 26.3 Å². The van der Waals surface area contributed by atoms with Crippen LogP contribution in [0.25, 0.3) is 0 Å². The molecule has 0 aromatic heterocycles. The van der Waals surface area contributed by atoms with Gasteiger partial charge in [-0.2, -0.15) is 0 Å². The van der Waals surface area contributed by atoms with E-state index in [-0.39, 0.29) is 18.0 Å². The lowest BCUT2D eigenvalue weighted by Gasteiger charge is -2.10. The van der Waals surface area contributed by atoms with Gasteiger partial charge >= 0.3 is 5.97 Å². The van der Waals surface area contributed by atoms with Crippen LogP contribution in [0.5, 0.6) is 0 Å². The van der Waals surface area contributed by atoms with Crippen molar-refractivity contribution in [1.82, 2.24) is 0 Å². The number of rotatable bonds is 5. The molecule has 2 nitrogen and oxygen atoms in total. The summed E-state index contributed by atoms with van der Waals surface area (Å²) in [5, 5.41) is 0. The zero-order chi connectivity index (χ0) is 8.69. The molecule has 0 aromatic carbocycles. The molecule has 3 heteroatoms. The van der Waals surface area contributed by atoms with Gasteiger partial charge in [-0.05, 0) is 13.3 Å². The monoisotopic (exact) mass is 178 g/mol. The Kier molecular flexibility index (Phi) is 6.33. The molecule has 0 aliphatic rings. The first-order valence-corrected chi connectivity index (χ1v) is 4.49. The highest BCUT2D eigenvalue weighted by Gasteiger charge is 2.06. The summed E-state index contributed by atoms with van der Waals surface area (Å²) in [6, 6.07) is 0. The molecule has 1 atom stereocenters. The maximum Gasteiger partial charge on any atom is 0.321 e. The van der Waals surface area contributed by atoms with Gasteiger partial charge in [0.15, 0.2) is 0 Å². The Balaban J connectivity index is 3.35.